The van der Waals surface area contributed by atoms with Crippen LogP contribution in [-0.4, -0.2) is 23.0 Å². The maximum Gasteiger partial charge on any atom is 0.349 e. The third-order valence-electron chi connectivity index (χ3n) is 1.57. The molecule has 15 heavy (non-hydrogen) atoms. The molecule has 0 amide bonds. The van der Waals surface area contributed by atoms with Gasteiger partial charge in [0.2, 0.25) is 0 Å². The molecule has 0 aromatic rings. The van der Waals surface area contributed by atoms with Crippen LogP contribution in [0.1, 0.15) is 27.7 Å². The van der Waals surface area contributed by atoms with Gasteiger partial charge in [0.15, 0.2) is 5.57 Å². The summed E-state index contributed by atoms with van der Waals surface area (Å²) < 4.78 is 9.85. The number of hydrogen-bond acceptors (Lipinski definition) is 5. The highest BCUT2D eigenvalue weighted by molar-refractivity contribution is 8.02. The van der Waals surface area contributed by atoms with E-state index < -0.39 is 17.7 Å². The Morgan fingerprint density at radius 2 is 1.67 bits per heavy atom. The number of carbonyl (C=O) groups excluding carboxylic acids is 2. The second-order valence-electron chi connectivity index (χ2n) is 3.90. The molecule has 1 rings (SSSR count). The Morgan fingerprint density at radius 1 is 1.20 bits per heavy atom. The number of hydrogen-bond donors (Lipinski definition) is 0. The molecule has 0 bridgehead atoms. The summed E-state index contributed by atoms with van der Waals surface area (Å²) in [6, 6.07) is 0. The van der Waals surface area contributed by atoms with E-state index in [2.05, 4.69) is 0 Å². The molecule has 4 nitrogen and oxygen atoms in total. The van der Waals surface area contributed by atoms with E-state index in [9.17, 15) is 9.59 Å². The van der Waals surface area contributed by atoms with Gasteiger partial charge in [-0.1, -0.05) is 13.8 Å². The molecule has 0 unspecified atom stereocenters. The highest BCUT2D eigenvalue weighted by Gasteiger charge is 2.38. The molecule has 0 atom stereocenters. The van der Waals surface area contributed by atoms with E-state index in [4.69, 9.17) is 9.47 Å². The van der Waals surface area contributed by atoms with Gasteiger partial charge in [-0.3, -0.25) is 0 Å². The van der Waals surface area contributed by atoms with E-state index in [-0.39, 0.29) is 5.57 Å². The Balaban J connectivity index is 2.80. The van der Waals surface area contributed by atoms with E-state index in [1.54, 1.807) is 0 Å². The SMILES string of the molecule is CC(C)SC=C1C(=O)OC(C)(C)OC1=O. The maximum atomic E-state index is 11.4. The van der Waals surface area contributed by atoms with Gasteiger partial charge in [0.1, 0.15) is 0 Å². The number of cyclic esters (lactones) is 2. The van der Waals surface area contributed by atoms with Crippen molar-refractivity contribution in [2.75, 3.05) is 0 Å². The van der Waals surface area contributed by atoms with Crippen molar-refractivity contribution in [3.8, 4) is 0 Å². The molecule has 0 aromatic carbocycles. The number of ether oxygens (including phenoxy) is 2. The average Bonchev–Trinajstić information content (AvgIpc) is 1.98. The van der Waals surface area contributed by atoms with Gasteiger partial charge in [-0.2, -0.15) is 0 Å². The van der Waals surface area contributed by atoms with Crippen LogP contribution in [0.15, 0.2) is 11.0 Å². The maximum absolute atomic E-state index is 11.4. The Morgan fingerprint density at radius 3 is 2.07 bits per heavy atom. The van der Waals surface area contributed by atoms with E-state index >= 15 is 0 Å². The Labute approximate surface area is 93.0 Å². The molecule has 1 aliphatic heterocycles. The molecular formula is C10H14O4S. The van der Waals surface area contributed by atoms with Crippen LogP contribution in [0.2, 0.25) is 0 Å². The van der Waals surface area contributed by atoms with Gasteiger partial charge < -0.3 is 9.47 Å². The van der Waals surface area contributed by atoms with Gasteiger partial charge in [-0.05, 0) is 5.41 Å². The molecule has 0 saturated carbocycles. The number of carbonyl (C=O) groups is 2. The van der Waals surface area contributed by atoms with Gasteiger partial charge >= 0.3 is 11.9 Å². The summed E-state index contributed by atoms with van der Waals surface area (Å²) in [7, 11) is 0. The van der Waals surface area contributed by atoms with Crippen LogP contribution in [0.5, 0.6) is 0 Å². The second kappa shape index (κ2) is 4.26. The standard InChI is InChI=1S/C10H14O4S/c1-6(2)15-5-7-8(11)13-10(3,4)14-9(7)12/h5-6H,1-4H3. The van der Waals surface area contributed by atoms with Crippen LogP contribution in [-0.2, 0) is 19.1 Å². The van der Waals surface area contributed by atoms with E-state index in [1.165, 1.54) is 31.0 Å². The van der Waals surface area contributed by atoms with Crippen molar-refractivity contribution < 1.29 is 19.1 Å². The first-order chi connectivity index (χ1) is 6.82. The van der Waals surface area contributed by atoms with Gasteiger partial charge in [-0.15, -0.1) is 11.8 Å². The van der Waals surface area contributed by atoms with E-state index in [1.807, 2.05) is 13.8 Å². The molecule has 0 radical (unpaired) electrons. The smallest absolute Gasteiger partial charge is 0.349 e. The highest BCUT2D eigenvalue weighted by Crippen LogP contribution is 2.25. The number of esters is 2. The minimum absolute atomic E-state index is 0.0342. The number of rotatable bonds is 2. The third kappa shape index (κ3) is 3.27. The van der Waals surface area contributed by atoms with Gasteiger partial charge in [0.25, 0.3) is 5.79 Å². The van der Waals surface area contributed by atoms with Crippen molar-refractivity contribution in [2.24, 2.45) is 0 Å². The largest absolute Gasteiger partial charge is 0.419 e. The van der Waals surface area contributed by atoms with E-state index in [0.29, 0.717) is 5.25 Å². The van der Waals surface area contributed by atoms with Crippen molar-refractivity contribution in [2.45, 2.75) is 38.7 Å². The molecule has 1 fully saturated rings. The minimum atomic E-state index is -1.16. The lowest BCUT2D eigenvalue weighted by atomic mass is 10.2. The summed E-state index contributed by atoms with van der Waals surface area (Å²) in [6.45, 7) is 6.97. The molecule has 0 N–H and O–H groups in total. The first-order valence-electron chi connectivity index (χ1n) is 4.64. The van der Waals surface area contributed by atoms with Crippen LogP contribution in [0.3, 0.4) is 0 Å². The molecule has 5 heteroatoms. The highest BCUT2D eigenvalue weighted by atomic mass is 32.2. The molecule has 1 aliphatic rings. The monoisotopic (exact) mass is 230 g/mol. The molecule has 1 saturated heterocycles. The molecule has 84 valence electrons. The summed E-state index contributed by atoms with van der Waals surface area (Å²) in [5.74, 6) is -2.40. The Kier molecular flexibility index (Phi) is 3.44. The topological polar surface area (TPSA) is 52.6 Å². The zero-order valence-electron chi connectivity index (χ0n) is 9.20. The molecule has 0 aliphatic carbocycles. The fourth-order valence-electron chi connectivity index (χ4n) is 0.961. The van der Waals surface area contributed by atoms with Crippen molar-refractivity contribution in [3.63, 3.8) is 0 Å². The predicted molar refractivity (Wildman–Crippen MR) is 57.1 cm³/mol. The van der Waals surface area contributed by atoms with Crippen molar-refractivity contribution in [1.82, 2.24) is 0 Å². The van der Waals surface area contributed by atoms with Gasteiger partial charge in [0.05, 0.1) is 0 Å². The van der Waals surface area contributed by atoms with Gasteiger partial charge in [-0.25, -0.2) is 9.59 Å². The van der Waals surface area contributed by atoms with E-state index in [0.717, 1.165) is 0 Å². The van der Waals surface area contributed by atoms with Crippen LogP contribution < -0.4 is 0 Å². The summed E-state index contributed by atoms with van der Waals surface area (Å²) >= 11 is 1.38. The normalized spacial score (nSPS) is 19.9. The lowest BCUT2D eigenvalue weighted by molar-refractivity contribution is -0.222. The molecular weight excluding hydrogens is 216 g/mol. The minimum Gasteiger partial charge on any atom is -0.419 e. The first-order valence-corrected chi connectivity index (χ1v) is 5.58. The fourth-order valence-corrected chi connectivity index (χ4v) is 1.56. The fraction of sp³-hybridized carbons (Fsp3) is 0.600. The molecule has 0 aromatic heterocycles. The average molecular weight is 230 g/mol. The zero-order valence-corrected chi connectivity index (χ0v) is 10.0. The predicted octanol–water partition coefficient (Wildman–Crippen LogP) is 1.85. The quantitative estimate of drug-likeness (QED) is 0.411. The Hall–Kier alpha value is -0.970. The van der Waals surface area contributed by atoms with Gasteiger partial charge in [0, 0.05) is 19.1 Å². The third-order valence-corrected chi connectivity index (χ3v) is 2.49. The van der Waals surface area contributed by atoms with Crippen LogP contribution in [0, 0.1) is 0 Å². The van der Waals surface area contributed by atoms with Crippen molar-refractivity contribution in [1.29, 1.82) is 0 Å². The lowest BCUT2D eigenvalue weighted by Gasteiger charge is -2.29. The van der Waals surface area contributed by atoms with Crippen molar-refractivity contribution >= 4 is 23.7 Å². The van der Waals surface area contributed by atoms with Crippen molar-refractivity contribution in [3.05, 3.63) is 11.0 Å². The zero-order chi connectivity index (χ0) is 11.6. The summed E-state index contributed by atoms with van der Waals surface area (Å²) in [5, 5.41) is 1.79. The summed E-state index contributed by atoms with van der Waals surface area (Å²) in [6.07, 6.45) is 0. The van der Waals surface area contributed by atoms with Crippen LogP contribution >= 0.6 is 11.8 Å². The second-order valence-corrected chi connectivity index (χ2v) is 5.35. The van der Waals surface area contributed by atoms with Crippen LogP contribution in [0.4, 0.5) is 0 Å². The number of thioether (sulfide) groups is 1. The first kappa shape index (κ1) is 12.1. The molecule has 1 heterocycles. The lowest BCUT2D eigenvalue weighted by Crippen LogP contribution is -2.41. The van der Waals surface area contributed by atoms with Crippen LogP contribution in [0.25, 0.3) is 0 Å². The summed E-state index contributed by atoms with van der Waals surface area (Å²) in [5.41, 5.74) is -0.0342. The molecule has 0 spiro atoms. The Bertz CT molecular complexity index is 295. The summed E-state index contributed by atoms with van der Waals surface area (Å²) in [4.78, 5) is 22.9.